The number of cyclic esters (lactones) is 2. The predicted octanol–water partition coefficient (Wildman–Crippen LogP) is 6.66. The summed E-state index contributed by atoms with van der Waals surface area (Å²) in [4.78, 5) is 10.9. The highest BCUT2D eigenvalue weighted by Crippen LogP contribution is 2.22. The van der Waals surface area contributed by atoms with Crippen LogP contribution in [0.5, 0.6) is 0 Å². The van der Waals surface area contributed by atoms with Gasteiger partial charge in [-0.1, -0.05) is 97.3 Å². The van der Waals surface area contributed by atoms with Crippen LogP contribution < -0.4 is 0 Å². The number of carbonyl (C=O) groups excluding carboxylic acids is 1. The van der Waals surface area contributed by atoms with Gasteiger partial charge in [0, 0.05) is 6.61 Å². The molecule has 4 nitrogen and oxygen atoms in total. The van der Waals surface area contributed by atoms with Crippen molar-refractivity contribution in [2.24, 2.45) is 5.41 Å². The highest BCUT2D eigenvalue weighted by molar-refractivity contribution is 5.60. The van der Waals surface area contributed by atoms with Crippen LogP contribution >= 0.6 is 0 Å². The summed E-state index contributed by atoms with van der Waals surface area (Å²) in [5, 5.41) is 0. The number of hydrogen-bond acceptors (Lipinski definition) is 4. The normalized spacial score (nSPS) is 16.3. The van der Waals surface area contributed by atoms with Crippen LogP contribution in [0.4, 0.5) is 4.79 Å². The molecule has 0 atom stereocenters. The van der Waals surface area contributed by atoms with E-state index in [1.807, 2.05) is 6.92 Å². The average molecular weight is 371 g/mol. The summed E-state index contributed by atoms with van der Waals surface area (Å²) < 4.78 is 15.6. The minimum Gasteiger partial charge on any atom is -0.433 e. The second-order valence-corrected chi connectivity index (χ2v) is 8.29. The van der Waals surface area contributed by atoms with Crippen LogP contribution in [0.25, 0.3) is 0 Å². The third kappa shape index (κ3) is 12.6. The molecule has 0 unspecified atom stereocenters. The average Bonchev–Trinajstić information content (AvgIpc) is 2.64. The number of ether oxygens (including phenoxy) is 3. The van der Waals surface area contributed by atoms with Crippen molar-refractivity contribution in [1.82, 2.24) is 0 Å². The van der Waals surface area contributed by atoms with Gasteiger partial charge in [-0.05, 0) is 6.42 Å². The fourth-order valence-electron chi connectivity index (χ4n) is 3.35. The molecule has 1 heterocycles. The van der Waals surface area contributed by atoms with Crippen LogP contribution in [0.15, 0.2) is 0 Å². The van der Waals surface area contributed by atoms with E-state index in [0.717, 1.165) is 13.0 Å². The van der Waals surface area contributed by atoms with Gasteiger partial charge in [-0.2, -0.15) is 0 Å². The maximum atomic E-state index is 10.9. The van der Waals surface area contributed by atoms with Crippen molar-refractivity contribution in [3.05, 3.63) is 0 Å². The van der Waals surface area contributed by atoms with E-state index in [-0.39, 0.29) is 5.41 Å². The molecule has 154 valence electrons. The second-order valence-electron chi connectivity index (χ2n) is 8.29. The van der Waals surface area contributed by atoms with Crippen molar-refractivity contribution in [1.29, 1.82) is 0 Å². The van der Waals surface area contributed by atoms with Crippen molar-refractivity contribution in [2.45, 2.75) is 104 Å². The topological polar surface area (TPSA) is 44.8 Å². The summed E-state index contributed by atoms with van der Waals surface area (Å²) in [7, 11) is 0. The van der Waals surface area contributed by atoms with E-state index < -0.39 is 6.16 Å². The SMILES string of the molecule is CCCCCCCCCCCCCCCCOCC1(C)COC(=O)OC1. The molecule has 1 aliphatic heterocycles. The second kappa shape index (κ2) is 15.3. The Morgan fingerprint density at radius 3 is 1.65 bits per heavy atom. The van der Waals surface area contributed by atoms with Crippen molar-refractivity contribution in [2.75, 3.05) is 26.4 Å². The Bertz CT molecular complexity index is 333. The summed E-state index contributed by atoms with van der Waals surface area (Å²) in [6.45, 7) is 6.49. The highest BCUT2D eigenvalue weighted by atomic mass is 16.7. The van der Waals surface area contributed by atoms with Gasteiger partial charge in [0.2, 0.25) is 0 Å². The van der Waals surface area contributed by atoms with Crippen molar-refractivity contribution >= 4 is 6.16 Å². The molecule has 0 amide bonds. The smallest absolute Gasteiger partial charge is 0.433 e. The van der Waals surface area contributed by atoms with Gasteiger partial charge in [-0.25, -0.2) is 4.79 Å². The number of carbonyl (C=O) groups is 1. The molecule has 1 fully saturated rings. The third-order valence-electron chi connectivity index (χ3n) is 5.17. The maximum absolute atomic E-state index is 10.9. The zero-order chi connectivity index (χ0) is 18.9. The van der Waals surface area contributed by atoms with Crippen LogP contribution in [-0.4, -0.2) is 32.6 Å². The molecule has 0 aromatic carbocycles. The first kappa shape index (κ1) is 23.3. The summed E-state index contributed by atoms with van der Waals surface area (Å²) in [6.07, 6.45) is 18.6. The highest BCUT2D eigenvalue weighted by Gasteiger charge is 2.33. The fourth-order valence-corrected chi connectivity index (χ4v) is 3.35. The Morgan fingerprint density at radius 1 is 0.769 bits per heavy atom. The molecule has 0 saturated carbocycles. The van der Waals surface area contributed by atoms with Crippen LogP contribution in [0.2, 0.25) is 0 Å². The van der Waals surface area contributed by atoms with Crippen LogP contribution in [0, 0.1) is 5.41 Å². The molecular formula is C22H42O4. The lowest BCUT2D eigenvalue weighted by atomic mass is 9.94. The van der Waals surface area contributed by atoms with Gasteiger partial charge in [0.15, 0.2) is 0 Å². The zero-order valence-electron chi connectivity index (χ0n) is 17.4. The fraction of sp³-hybridized carbons (Fsp3) is 0.955. The van der Waals surface area contributed by atoms with E-state index in [4.69, 9.17) is 14.2 Å². The molecule has 0 aliphatic carbocycles. The maximum Gasteiger partial charge on any atom is 0.508 e. The number of unbranched alkanes of at least 4 members (excludes halogenated alkanes) is 13. The molecule has 1 saturated heterocycles. The molecule has 0 bridgehead atoms. The largest absolute Gasteiger partial charge is 0.508 e. The lowest BCUT2D eigenvalue weighted by Gasteiger charge is -2.31. The van der Waals surface area contributed by atoms with Gasteiger partial charge >= 0.3 is 6.16 Å². The summed E-state index contributed by atoms with van der Waals surface area (Å²) in [6, 6.07) is 0. The monoisotopic (exact) mass is 370 g/mol. The Labute approximate surface area is 161 Å². The molecule has 0 spiro atoms. The summed E-state index contributed by atoms with van der Waals surface area (Å²) in [5.74, 6) is 0. The van der Waals surface area contributed by atoms with E-state index in [1.165, 1.54) is 83.5 Å². The van der Waals surface area contributed by atoms with Crippen molar-refractivity contribution < 1.29 is 19.0 Å². The number of rotatable bonds is 17. The first-order valence-electron chi connectivity index (χ1n) is 11.0. The Balaban J connectivity index is 1.75. The van der Waals surface area contributed by atoms with E-state index in [1.54, 1.807) is 0 Å². The van der Waals surface area contributed by atoms with E-state index in [9.17, 15) is 4.79 Å². The van der Waals surface area contributed by atoms with Gasteiger partial charge in [-0.3, -0.25) is 0 Å². The molecule has 1 aliphatic rings. The first-order chi connectivity index (χ1) is 12.7. The summed E-state index contributed by atoms with van der Waals surface area (Å²) >= 11 is 0. The lowest BCUT2D eigenvalue weighted by molar-refractivity contribution is -0.0852. The van der Waals surface area contributed by atoms with Gasteiger partial charge in [0.1, 0.15) is 13.2 Å². The van der Waals surface area contributed by atoms with Gasteiger partial charge < -0.3 is 14.2 Å². The van der Waals surface area contributed by atoms with Gasteiger partial charge in [0.25, 0.3) is 0 Å². The molecule has 0 N–H and O–H groups in total. The quantitative estimate of drug-likeness (QED) is 0.212. The first-order valence-corrected chi connectivity index (χ1v) is 11.0. The molecular weight excluding hydrogens is 328 g/mol. The lowest BCUT2D eigenvalue weighted by Crippen LogP contribution is -2.40. The minimum absolute atomic E-state index is 0.191. The molecule has 4 heteroatoms. The Morgan fingerprint density at radius 2 is 1.19 bits per heavy atom. The third-order valence-corrected chi connectivity index (χ3v) is 5.17. The predicted molar refractivity (Wildman–Crippen MR) is 107 cm³/mol. The molecule has 0 aromatic heterocycles. The van der Waals surface area contributed by atoms with E-state index >= 15 is 0 Å². The van der Waals surface area contributed by atoms with Crippen molar-refractivity contribution in [3.63, 3.8) is 0 Å². The van der Waals surface area contributed by atoms with Gasteiger partial charge in [-0.15, -0.1) is 0 Å². The molecule has 26 heavy (non-hydrogen) atoms. The Hall–Kier alpha value is -0.770. The molecule has 1 rings (SSSR count). The van der Waals surface area contributed by atoms with Crippen LogP contribution in [-0.2, 0) is 14.2 Å². The molecule has 0 radical (unpaired) electrons. The standard InChI is InChI=1S/C22H42O4/c1-3-4-5-6-7-8-9-10-11-12-13-14-15-16-17-24-18-22(2)19-25-21(23)26-20-22/h3-20H2,1-2H3. The van der Waals surface area contributed by atoms with Crippen LogP contribution in [0.1, 0.15) is 104 Å². The van der Waals surface area contributed by atoms with E-state index in [2.05, 4.69) is 6.92 Å². The van der Waals surface area contributed by atoms with Gasteiger partial charge in [0.05, 0.1) is 12.0 Å². The number of hydrogen-bond donors (Lipinski definition) is 0. The van der Waals surface area contributed by atoms with Crippen LogP contribution in [0.3, 0.4) is 0 Å². The van der Waals surface area contributed by atoms with Crippen molar-refractivity contribution in [3.8, 4) is 0 Å². The molecule has 0 aromatic rings. The van der Waals surface area contributed by atoms with E-state index in [0.29, 0.717) is 19.8 Å². The Kier molecular flexibility index (Phi) is 13.7. The summed E-state index contributed by atoms with van der Waals surface area (Å²) in [5.41, 5.74) is -0.191. The zero-order valence-corrected chi connectivity index (χ0v) is 17.4. The minimum atomic E-state index is -0.561.